The number of hydrogen-bond donors (Lipinski definition) is 2. The molecule has 1 amide bonds. The highest BCUT2D eigenvalue weighted by atomic mass is 19.4. The van der Waals surface area contributed by atoms with Gasteiger partial charge < -0.3 is 11.1 Å². The summed E-state index contributed by atoms with van der Waals surface area (Å²) in [5.41, 5.74) is 4.96. The standard InChI is InChI=1S/C11H13F3N2O/c1-7(15)10(17)16-6-8-3-2-4-9(5-8)11(12,13)14/h2-5,7H,6,15H2,1H3,(H,16,17)/t7-/m1/s1. The molecule has 0 aliphatic rings. The van der Waals surface area contributed by atoms with Crippen molar-refractivity contribution in [2.75, 3.05) is 0 Å². The molecule has 1 aromatic rings. The van der Waals surface area contributed by atoms with Crippen LogP contribution in [0.3, 0.4) is 0 Å². The average Bonchev–Trinajstić information content (AvgIpc) is 2.25. The van der Waals surface area contributed by atoms with Gasteiger partial charge in [0.25, 0.3) is 0 Å². The molecule has 0 fully saturated rings. The maximum Gasteiger partial charge on any atom is 0.416 e. The molecule has 0 aliphatic carbocycles. The summed E-state index contributed by atoms with van der Waals surface area (Å²) >= 11 is 0. The van der Waals surface area contributed by atoms with Crippen LogP contribution in [-0.2, 0) is 17.5 Å². The molecule has 0 saturated carbocycles. The second kappa shape index (κ2) is 5.18. The highest BCUT2D eigenvalue weighted by molar-refractivity contribution is 5.80. The first kappa shape index (κ1) is 13.5. The van der Waals surface area contributed by atoms with Crippen LogP contribution >= 0.6 is 0 Å². The van der Waals surface area contributed by atoms with Crippen molar-refractivity contribution >= 4 is 5.91 Å². The van der Waals surface area contributed by atoms with Crippen molar-refractivity contribution < 1.29 is 18.0 Å². The number of halogens is 3. The van der Waals surface area contributed by atoms with Crippen LogP contribution in [0, 0.1) is 0 Å². The Hall–Kier alpha value is -1.56. The van der Waals surface area contributed by atoms with E-state index in [-0.39, 0.29) is 6.54 Å². The summed E-state index contributed by atoms with van der Waals surface area (Å²) in [6.07, 6.45) is -4.37. The van der Waals surface area contributed by atoms with Gasteiger partial charge in [-0.2, -0.15) is 13.2 Å². The van der Waals surface area contributed by atoms with Crippen molar-refractivity contribution in [3.8, 4) is 0 Å². The fourth-order valence-electron chi connectivity index (χ4n) is 1.21. The molecular formula is C11H13F3N2O. The number of nitrogens with one attached hydrogen (secondary N) is 1. The van der Waals surface area contributed by atoms with Crippen molar-refractivity contribution in [1.29, 1.82) is 0 Å². The molecule has 3 nitrogen and oxygen atoms in total. The third-order valence-electron chi connectivity index (χ3n) is 2.13. The molecule has 1 aromatic carbocycles. The second-order valence-corrected chi connectivity index (χ2v) is 3.70. The molecule has 17 heavy (non-hydrogen) atoms. The molecule has 3 N–H and O–H groups in total. The Labute approximate surface area is 96.8 Å². The van der Waals surface area contributed by atoms with Gasteiger partial charge in [-0.05, 0) is 24.6 Å². The smallest absolute Gasteiger partial charge is 0.351 e. The van der Waals surface area contributed by atoms with Crippen LogP contribution in [-0.4, -0.2) is 11.9 Å². The summed E-state index contributed by atoms with van der Waals surface area (Å²) in [5, 5.41) is 2.45. The molecular weight excluding hydrogens is 233 g/mol. The monoisotopic (exact) mass is 246 g/mol. The molecule has 1 atom stereocenters. The van der Waals surface area contributed by atoms with Crippen molar-refractivity contribution in [2.24, 2.45) is 5.73 Å². The lowest BCUT2D eigenvalue weighted by Gasteiger charge is -2.10. The molecule has 6 heteroatoms. The Balaban J connectivity index is 2.70. The van der Waals surface area contributed by atoms with E-state index in [0.717, 1.165) is 12.1 Å². The lowest BCUT2D eigenvalue weighted by atomic mass is 10.1. The van der Waals surface area contributed by atoms with Gasteiger partial charge in [0.1, 0.15) is 0 Å². The van der Waals surface area contributed by atoms with Crippen molar-refractivity contribution in [1.82, 2.24) is 5.32 Å². The topological polar surface area (TPSA) is 55.1 Å². The third kappa shape index (κ3) is 4.07. The van der Waals surface area contributed by atoms with Crippen LogP contribution in [0.15, 0.2) is 24.3 Å². The van der Waals surface area contributed by atoms with Gasteiger partial charge in [-0.1, -0.05) is 12.1 Å². The van der Waals surface area contributed by atoms with Gasteiger partial charge in [-0.15, -0.1) is 0 Å². The van der Waals surface area contributed by atoms with E-state index in [1.807, 2.05) is 0 Å². The van der Waals surface area contributed by atoms with Crippen molar-refractivity contribution in [2.45, 2.75) is 25.7 Å². The first-order valence-corrected chi connectivity index (χ1v) is 5.00. The Morgan fingerprint density at radius 2 is 2.12 bits per heavy atom. The van der Waals surface area contributed by atoms with Crippen LogP contribution in [0.4, 0.5) is 13.2 Å². The fraction of sp³-hybridized carbons (Fsp3) is 0.364. The lowest BCUT2D eigenvalue weighted by molar-refractivity contribution is -0.137. The van der Waals surface area contributed by atoms with Gasteiger partial charge in [0.05, 0.1) is 11.6 Å². The minimum Gasteiger partial charge on any atom is -0.351 e. The van der Waals surface area contributed by atoms with Gasteiger partial charge in [0.15, 0.2) is 0 Å². The molecule has 0 unspecified atom stereocenters. The van der Waals surface area contributed by atoms with Crippen LogP contribution in [0.2, 0.25) is 0 Å². The summed E-state index contributed by atoms with van der Waals surface area (Å²) in [6.45, 7) is 1.53. The molecule has 0 aromatic heterocycles. The maximum absolute atomic E-state index is 12.4. The number of amides is 1. The number of benzene rings is 1. The molecule has 0 saturated heterocycles. The highest BCUT2D eigenvalue weighted by Crippen LogP contribution is 2.29. The van der Waals surface area contributed by atoms with Crippen LogP contribution < -0.4 is 11.1 Å². The molecule has 0 spiro atoms. The quantitative estimate of drug-likeness (QED) is 0.852. The summed E-state index contributed by atoms with van der Waals surface area (Å²) in [6, 6.07) is 4.12. The predicted molar refractivity (Wildman–Crippen MR) is 56.9 cm³/mol. The summed E-state index contributed by atoms with van der Waals surface area (Å²) in [4.78, 5) is 11.1. The zero-order valence-electron chi connectivity index (χ0n) is 9.21. The Bertz CT molecular complexity index is 402. The first-order valence-electron chi connectivity index (χ1n) is 5.00. The maximum atomic E-state index is 12.4. The number of carbonyl (C=O) groups excluding carboxylic acids is 1. The van der Waals surface area contributed by atoms with E-state index in [2.05, 4.69) is 5.32 Å². The minimum atomic E-state index is -4.37. The van der Waals surface area contributed by atoms with E-state index < -0.39 is 23.7 Å². The number of alkyl halides is 3. The van der Waals surface area contributed by atoms with Crippen LogP contribution in [0.25, 0.3) is 0 Å². The van der Waals surface area contributed by atoms with E-state index in [1.165, 1.54) is 19.1 Å². The van der Waals surface area contributed by atoms with E-state index in [9.17, 15) is 18.0 Å². The molecule has 0 bridgehead atoms. The molecule has 94 valence electrons. The average molecular weight is 246 g/mol. The largest absolute Gasteiger partial charge is 0.416 e. The molecule has 0 aliphatic heterocycles. The number of nitrogens with two attached hydrogens (primary N) is 1. The van der Waals surface area contributed by atoms with E-state index >= 15 is 0 Å². The fourth-order valence-corrected chi connectivity index (χ4v) is 1.21. The summed E-state index contributed by atoms with van der Waals surface area (Å²) in [5.74, 6) is -0.401. The minimum absolute atomic E-state index is 0.0320. The normalized spacial score (nSPS) is 13.2. The SMILES string of the molecule is C[C@@H](N)C(=O)NCc1cccc(C(F)(F)F)c1. The Morgan fingerprint density at radius 1 is 1.47 bits per heavy atom. The zero-order valence-corrected chi connectivity index (χ0v) is 9.21. The number of rotatable bonds is 3. The van der Waals surface area contributed by atoms with Gasteiger partial charge in [-0.3, -0.25) is 4.79 Å². The molecule has 0 radical (unpaired) electrons. The Morgan fingerprint density at radius 3 is 2.65 bits per heavy atom. The third-order valence-corrected chi connectivity index (χ3v) is 2.13. The molecule has 1 rings (SSSR count). The second-order valence-electron chi connectivity index (χ2n) is 3.70. The van der Waals surface area contributed by atoms with Crippen LogP contribution in [0.1, 0.15) is 18.1 Å². The number of hydrogen-bond acceptors (Lipinski definition) is 2. The van der Waals surface area contributed by atoms with E-state index in [4.69, 9.17) is 5.73 Å². The van der Waals surface area contributed by atoms with E-state index in [0.29, 0.717) is 5.56 Å². The Kier molecular flexibility index (Phi) is 4.11. The van der Waals surface area contributed by atoms with E-state index in [1.54, 1.807) is 0 Å². The number of carbonyl (C=O) groups is 1. The zero-order chi connectivity index (χ0) is 13.1. The van der Waals surface area contributed by atoms with Gasteiger partial charge in [0.2, 0.25) is 5.91 Å². The predicted octanol–water partition coefficient (Wildman–Crippen LogP) is 1.67. The van der Waals surface area contributed by atoms with Gasteiger partial charge >= 0.3 is 6.18 Å². The van der Waals surface area contributed by atoms with Crippen LogP contribution in [0.5, 0.6) is 0 Å². The van der Waals surface area contributed by atoms with Crippen molar-refractivity contribution in [3.63, 3.8) is 0 Å². The lowest BCUT2D eigenvalue weighted by Crippen LogP contribution is -2.37. The summed E-state index contributed by atoms with van der Waals surface area (Å²) < 4.78 is 37.2. The molecule has 0 heterocycles. The van der Waals surface area contributed by atoms with Crippen molar-refractivity contribution in [3.05, 3.63) is 35.4 Å². The first-order chi connectivity index (χ1) is 7.80. The van der Waals surface area contributed by atoms with Gasteiger partial charge in [-0.25, -0.2) is 0 Å². The highest BCUT2D eigenvalue weighted by Gasteiger charge is 2.30. The summed E-state index contributed by atoms with van der Waals surface area (Å²) in [7, 11) is 0. The van der Waals surface area contributed by atoms with Gasteiger partial charge in [0, 0.05) is 6.54 Å².